The Morgan fingerprint density at radius 3 is 3.00 bits per heavy atom. The molecule has 7 heteroatoms. The van der Waals surface area contributed by atoms with Crippen LogP contribution in [0.5, 0.6) is 0 Å². The largest absolute Gasteiger partial charge is 0.383 e. The van der Waals surface area contributed by atoms with Gasteiger partial charge in [-0.25, -0.2) is 0 Å². The molecule has 0 unspecified atom stereocenters. The van der Waals surface area contributed by atoms with Gasteiger partial charge in [0.25, 0.3) is 0 Å². The number of fused-ring (bicyclic) bond motifs is 1. The summed E-state index contributed by atoms with van der Waals surface area (Å²) >= 11 is 5.81. The zero-order valence-corrected chi connectivity index (χ0v) is 8.26. The van der Waals surface area contributed by atoms with Gasteiger partial charge in [-0.05, 0) is 6.92 Å². The molecule has 0 aromatic carbocycles. The third kappa shape index (κ3) is 1.33. The second-order valence-electron chi connectivity index (χ2n) is 2.70. The SMILES string of the molecule is CCNc1nc(N)c2c(Cl)[nH]nc2n1. The lowest BCUT2D eigenvalue weighted by Crippen LogP contribution is -2.04. The maximum atomic E-state index is 5.81. The van der Waals surface area contributed by atoms with E-state index in [1.807, 2.05) is 6.92 Å². The fourth-order valence-electron chi connectivity index (χ4n) is 1.15. The van der Waals surface area contributed by atoms with Crippen molar-refractivity contribution < 1.29 is 0 Å². The summed E-state index contributed by atoms with van der Waals surface area (Å²) in [4.78, 5) is 8.15. The van der Waals surface area contributed by atoms with Crippen LogP contribution in [0.3, 0.4) is 0 Å². The molecule has 4 N–H and O–H groups in total. The Labute approximate surface area is 84.9 Å². The Balaban J connectivity index is 2.62. The first kappa shape index (κ1) is 9.01. The van der Waals surface area contributed by atoms with Crippen LogP contribution in [0.15, 0.2) is 0 Å². The van der Waals surface area contributed by atoms with Crippen LogP contribution in [0.25, 0.3) is 11.0 Å². The summed E-state index contributed by atoms with van der Waals surface area (Å²) in [6.07, 6.45) is 0. The van der Waals surface area contributed by atoms with E-state index < -0.39 is 0 Å². The molecule has 74 valence electrons. The average Bonchev–Trinajstić information content (AvgIpc) is 2.48. The van der Waals surface area contributed by atoms with Crippen molar-refractivity contribution in [2.45, 2.75) is 6.92 Å². The monoisotopic (exact) mass is 212 g/mol. The van der Waals surface area contributed by atoms with Gasteiger partial charge in [0, 0.05) is 6.54 Å². The molecule has 2 heterocycles. The van der Waals surface area contributed by atoms with Gasteiger partial charge < -0.3 is 11.1 Å². The lowest BCUT2D eigenvalue weighted by atomic mass is 10.4. The van der Waals surface area contributed by atoms with Crippen molar-refractivity contribution in [3.05, 3.63) is 5.15 Å². The predicted octanol–water partition coefficient (Wildman–Crippen LogP) is 1.02. The van der Waals surface area contributed by atoms with Gasteiger partial charge in [0.15, 0.2) is 5.65 Å². The molecule has 0 aliphatic carbocycles. The number of hydrogen-bond donors (Lipinski definition) is 3. The number of aromatic amines is 1. The summed E-state index contributed by atoms with van der Waals surface area (Å²) in [5.41, 5.74) is 6.17. The van der Waals surface area contributed by atoms with Crippen LogP contribution in [-0.4, -0.2) is 26.7 Å². The van der Waals surface area contributed by atoms with Crippen molar-refractivity contribution in [3.8, 4) is 0 Å². The highest BCUT2D eigenvalue weighted by atomic mass is 35.5. The van der Waals surface area contributed by atoms with E-state index in [-0.39, 0.29) is 0 Å². The van der Waals surface area contributed by atoms with Gasteiger partial charge in [0.1, 0.15) is 16.4 Å². The number of halogens is 1. The highest BCUT2D eigenvalue weighted by Gasteiger charge is 2.10. The minimum Gasteiger partial charge on any atom is -0.383 e. The first-order valence-corrected chi connectivity index (χ1v) is 4.51. The average molecular weight is 213 g/mol. The standard InChI is InChI=1S/C7H9ClN6/c1-2-10-7-11-5(9)3-4(8)13-14-6(3)12-7/h2H2,1H3,(H4,9,10,11,12,13,14). The third-order valence-electron chi connectivity index (χ3n) is 1.73. The van der Waals surface area contributed by atoms with E-state index in [0.29, 0.717) is 28.0 Å². The summed E-state index contributed by atoms with van der Waals surface area (Å²) in [5, 5.41) is 10.4. The Hall–Kier alpha value is -1.56. The molecule has 6 nitrogen and oxygen atoms in total. The van der Waals surface area contributed by atoms with E-state index in [9.17, 15) is 0 Å². The van der Waals surface area contributed by atoms with Crippen LogP contribution >= 0.6 is 11.6 Å². The molecular formula is C7H9ClN6. The number of rotatable bonds is 2. The predicted molar refractivity (Wildman–Crippen MR) is 55.3 cm³/mol. The lowest BCUT2D eigenvalue weighted by Gasteiger charge is -2.01. The van der Waals surface area contributed by atoms with Gasteiger partial charge in [0.2, 0.25) is 5.95 Å². The van der Waals surface area contributed by atoms with Crippen molar-refractivity contribution in [1.29, 1.82) is 0 Å². The molecule has 0 radical (unpaired) electrons. The van der Waals surface area contributed by atoms with E-state index in [1.54, 1.807) is 0 Å². The third-order valence-corrected chi connectivity index (χ3v) is 2.01. The van der Waals surface area contributed by atoms with E-state index in [4.69, 9.17) is 17.3 Å². The molecule has 0 aliphatic rings. The van der Waals surface area contributed by atoms with Crippen molar-refractivity contribution in [3.63, 3.8) is 0 Å². The molecule has 0 bridgehead atoms. The summed E-state index contributed by atoms with van der Waals surface area (Å²) in [6.45, 7) is 2.67. The minimum absolute atomic E-state index is 0.324. The Kier molecular flexibility index (Phi) is 2.12. The number of nitrogens with two attached hydrogens (primary N) is 1. The Bertz CT molecular complexity index is 464. The van der Waals surface area contributed by atoms with Crippen molar-refractivity contribution in [2.24, 2.45) is 0 Å². The van der Waals surface area contributed by atoms with Gasteiger partial charge in [-0.3, -0.25) is 5.10 Å². The molecule has 14 heavy (non-hydrogen) atoms. The van der Waals surface area contributed by atoms with Crippen molar-refractivity contribution in [1.82, 2.24) is 20.2 Å². The highest BCUT2D eigenvalue weighted by molar-refractivity contribution is 6.35. The first-order chi connectivity index (χ1) is 6.72. The minimum atomic E-state index is 0.324. The molecular weight excluding hydrogens is 204 g/mol. The van der Waals surface area contributed by atoms with Gasteiger partial charge in [-0.2, -0.15) is 15.1 Å². The molecule has 2 rings (SSSR count). The summed E-state index contributed by atoms with van der Waals surface area (Å²) in [7, 11) is 0. The van der Waals surface area contributed by atoms with Gasteiger partial charge in [-0.1, -0.05) is 11.6 Å². The lowest BCUT2D eigenvalue weighted by molar-refractivity contribution is 1.07. The summed E-state index contributed by atoms with van der Waals surface area (Å²) in [5.74, 6) is 0.783. The number of anilines is 2. The molecule has 0 spiro atoms. The van der Waals surface area contributed by atoms with Crippen LogP contribution in [0.1, 0.15) is 6.92 Å². The van der Waals surface area contributed by atoms with E-state index in [1.165, 1.54) is 0 Å². The van der Waals surface area contributed by atoms with E-state index in [2.05, 4.69) is 25.5 Å². The van der Waals surface area contributed by atoms with Crippen LogP contribution in [0.4, 0.5) is 11.8 Å². The fraction of sp³-hybridized carbons (Fsp3) is 0.286. The summed E-state index contributed by atoms with van der Waals surface area (Å²) < 4.78 is 0. The van der Waals surface area contributed by atoms with Crippen molar-refractivity contribution >= 4 is 34.4 Å². The maximum absolute atomic E-state index is 5.81. The van der Waals surface area contributed by atoms with Crippen LogP contribution in [0, 0.1) is 0 Å². The first-order valence-electron chi connectivity index (χ1n) is 4.13. The van der Waals surface area contributed by atoms with Crippen molar-refractivity contribution in [2.75, 3.05) is 17.6 Å². The normalized spacial score (nSPS) is 10.7. The maximum Gasteiger partial charge on any atom is 0.226 e. The number of nitrogen functional groups attached to an aromatic ring is 1. The molecule has 0 atom stereocenters. The molecule has 0 fully saturated rings. The van der Waals surface area contributed by atoms with Crippen LogP contribution < -0.4 is 11.1 Å². The van der Waals surface area contributed by atoms with Gasteiger partial charge >= 0.3 is 0 Å². The quantitative estimate of drug-likeness (QED) is 0.691. The zero-order chi connectivity index (χ0) is 10.1. The number of nitrogens with zero attached hydrogens (tertiary/aromatic N) is 3. The number of H-pyrrole nitrogens is 1. The highest BCUT2D eigenvalue weighted by Crippen LogP contribution is 2.24. The van der Waals surface area contributed by atoms with Gasteiger partial charge in [-0.15, -0.1) is 0 Å². The van der Waals surface area contributed by atoms with E-state index in [0.717, 1.165) is 6.54 Å². The molecule has 0 amide bonds. The fourth-order valence-corrected chi connectivity index (χ4v) is 1.38. The Morgan fingerprint density at radius 1 is 1.50 bits per heavy atom. The molecule has 0 saturated carbocycles. The zero-order valence-electron chi connectivity index (χ0n) is 7.50. The second-order valence-corrected chi connectivity index (χ2v) is 3.08. The topological polar surface area (TPSA) is 92.5 Å². The molecule has 2 aromatic rings. The van der Waals surface area contributed by atoms with Crippen LogP contribution in [-0.2, 0) is 0 Å². The molecule has 2 aromatic heterocycles. The van der Waals surface area contributed by atoms with Gasteiger partial charge in [0.05, 0.1) is 0 Å². The van der Waals surface area contributed by atoms with E-state index >= 15 is 0 Å². The molecule has 0 saturated heterocycles. The summed E-state index contributed by atoms with van der Waals surface area (Å²) in [6, 6.07) is 0. The second kappa shape index (κ2) is 3.30. The number of nitrogens with one attached hydrogen (secondary N) is 2. The van der Waals surface area contributed by atoms with Crippen LogP contribution in [0.2, 0.25) is 5.15 Å². The number of aromatic nitrogens is 4. The molecule has 0 aliphatic heterocycles. The number of hydrogen-bond acceptors (Lipinski definition) is 5. The Morgan fingerprint density at radius 2 is 2.29 bits per heavy atom. The smallest absolute Gasteiger partial charge is 0.226 e.